The highest BCUT2D eigenvalue weighted by Gasteiger charge is 2.24. The van der Waals surface area contributed by atoms with Gasteiger partial charge in [0.15, 0.2) is 0 Å². The Morgan fingerprint density at radius 2 is 1.90 bits per heavy atom. The first-order chi connectivity index (χ1) is 10.2. The third-order valence-electron chi connectivity index (χ3n) is 3.88. The highest BCUT2D eigenvalue weighted by molar-refractivity contribution is 7.98. The average molecular weight is 307 g/mol. The fourth-order valence-electron chi connectivity index (χ4n) is 2.57. The number of benzene rings is 1. The maximum Gasteiger partial charge on any atom is 0.239 e. The lowest BCUT2D eigenvalue weighted by molar-refractivity contribution is -0.134. The van der Waals surface area contributed by atoms with Crippen molar-refractivity contribution >= 4 is 17.7 Å². The molecule has 1 aromatic rings. The van der Waals surface area contributed by atoms with Crippen LogP contribution in [0.5, 0.6) is 0 Å². The number of rotatable bonds is 6. The summed E-state index contributed by atoms with van der Waals surface area (Å²) >= 11 is 1.74. The maximum absolute atomic E-state index is 12.2. The minimum Gasteiger partial charge on any atom is -0.339 e. The molecule has 1 atom stereocenters. The zero-order valence-electron chi connectivity index (χ0n) is 12.7. The van der Waals surface area contributed by atoms with E-state index in [0.29, 0.717) is 0 Å². The van der Waals surface area contributed by atoms with Crippen molar-refractivity contribution in [3.8, 4) is 0 Å². The number of carbonyl (C=O) groups is 1. The molecule has 0 radical (unpaired) electrons. The van der Waals surface area contributed by atoms with Crippen LogP contribution in [0.3, 0.4) is 0 Å². The quantitative estimate of drug-likeness (QED) is 0.863. The molecule has 1 aromatic carbocycles. The molecule has 2 rings (SSSR count). The zero-order chi connectivity index (χ0) is 15.1. The van der Waals surface area contributed by atoms with Gasteiger partial charge in [-0.2, -0.15) is 11.8 Å². The first-order valence-corrected chi connectivity index (χ1v) is 8.89. The van der Waals surface area contributed by atoms with Crippen LogP contribution >= 0.6 is 11.8 Å². The van der Waals surface area contributed by atoms with Crippen LogP contribution < -0.4 is 5.73 Å². The third kappa shape index (κ3) is 5.02. The predicted octanol–water partition coefficient (Wildman–Crippen LogP) is 1.41. The highest BCUT2D eigenvalue weighted by Crippen LogP contribution is 2.10. The summed E-state index contributed by atoms with van der Waals surface area (Å²) in [5.74, 6) is 1.06. The van der Waals surface area contributed by atoms with Gasteiger partial charge in [-0.05, 0) is 24.0 Å². The monoisotopic (exact) mass is 307 g/mol. The Labute approximate surface area is 131 Å². The molecule has 21 heavy (non-hydrogen) atoms. The number of thioether (sulfide) groups is 1. The number of piperazine rings is 1. The zero-order valence-corrected chi connectivity index (χ0v) is 13.5. The van der Waals surface area contributed by atoms with Crippen molar-refractivity contribution in [2.75, 3.05) is 38.2 Å². The van der Waals surface area contributed by atoms with E-state index in [2.05, 4.69) is 29.2 Å². The second kappa shape index (κ2) is 8.41. The van der Waals surface area contributed by atoms with E-state index < -0.39 is 0 Å². The van der Waals surface area contributed by atoms with E-state index in [4.69, 9.17) is 5.73 Å². The van der Waals surface area contributed by atoms with Crippen molar-refractivity contribution in [1.29, 1.82) is 0 Å². The van der Waals surface area contributed by atoms with Gasteiger partial charge in [-0.1, -0.05) is 30.3 Å². The Balaban J connectivity index is 1.76. The first kappa shape index (κ1) is 16.3. The van der Waals surface area contributed by atoms with Crippen LogP contribution in [0.15, 0.2) is 30.3 Å². The number of nitrogens with zero attached hydrogens (tertiary/aromatic N) is 2. The minimum atomic E-state index is -0.335. The van der Waals surface area contributed by atoms with Gasteiger partial charge in [0.1, 0.15) is 0 Å². The van der Waals surface area contributed by atoms with Gasteiger partial charge in [0.05, 0.1) is 6.04 Å². The van der Waals surface area contributed by atoms with Gasteiger partial charge in [-0.3, -0.25) is 9.69 Å². The van der Waals surface area contributed by atoms with Crippen LogP contribution in [0, 0.1) is 0 Å². The Morgan fingerprint density at radius 1 is 1.24 bits per heavy atom. The molecule has 4 nitrogen and oxygen atoms in total. The summed E-state index contributed by atoms with van der Waals surface area (Å²) in [5.41, 5.74) is 7.30. The minimum absolute atomic E-state index is 0.114. The number of carbonyl (C=O) groups excluding carboxylic acids is 1. The topological polar surface area (TPSA) is 49.6 Å². The largest absolute Gasteiger partial charge is 0.339 e. The summed E-state index contributed by atoms with van der Waals surface area (Å²) in [4.78, 5) is 16.6. The normalized spacial score (nSPS) is 17.7. The SMILES string of the molecule is CSCC[C@H](N)C(=O)N1CCN(Cc2ccccc2)CC1. The molecule has 5 heteroatoms. The lowest BCUT2D eigenvalue weighted by Crippen LogP contribution is -2.53. The lowest BCUT2D eigenvalue weighted by atomic mass is 10.1. The predicted molar refractivity (Wildman–Crippen MR) is 89.3 cm³/mol. The van der Waals surface area contributed by atoms with Crippen molar-refractivity contribution in [1.82, 2.24) is 9.80 Å². The molecule has 1 fully saturated rings. The average Bonchev–Trinajstić information content (AvgIpc) is 2.53. The summed E-state index contributed by atoms with van der Waals surface area (Å²) < 4.78 is 0. The van der Waals surface area contributed by atoms with E-state index in [-0.39, 0.29) is 11.9 Å². The summed E-state index contributed by atoms with van der Waals surface area (Å²) in [6, 6.07) is 10.1. The van der Waals surface area contributed by atoms with E-state index in [1.807, 2.05) is 17.2 Å². The standard InChI is InChI=1S/C16H25N3OS/c1-21-12-7-15(17)16(20)19-10-8-18(9-11-19)13-14-5-3-2-4-6-14/h2-6,15H,7-13,17H2,1H3/t15-/m0/s1. The van der Waals surface area contributed by atoms with Crippen LogP contribution in [-0.2, 0) is 11.3 Å². The second-order valence-electron chi connectivity index (χ2n) is 5.47. The molecular weight excluding hydrogens is 282 g/mol. The molecule has 2 N–H and O–H groups in total. The van der Waals surface area contributed by atoms with Gasteiger partial charge >= 0.3 is 0 Å². The second-order valence-corrected chi connectivity index (χ2v) is 6.46. The molecule has 0 spiro atoms. The van der Waals surface area contributed by atoms with Gasteiger partial charge in [0.25, 0.3) is 0 Å². The molecule has 1 heterocycles. The molecule has 1 saturated heterocycles. The summed E-state index contributed by atoms with van der Waals surface area (Å²) in [5, 5.41) is 0. The fraction of sp³-hybridized carbons (Fsp3) is 0.562. The third-order valence-corrected chi connectivity index (χ3v) is 4.53. The Bertz CT molecular complexity index is 432. The van der Waals surface area contributed by atoms with Gasteiger partial charge in [0, 0.05) is 32.7 Å². The van der Waals surface area contributed by atoms with Crippen LogP contribution in [0.1, 0.15) is 12.0 Å². The molecule has 0 unspecified atom stereocenters. The van der Waals surface area contributed by atoms with Crippen molar-refractivity contribution in [2.24, 2.45) is 5.73 Å². The van der Waals surface area contributed by atoms with E-state index in [1.54, 1.807) is 11.8 Å². The number of hydrogen-bond acceptors (Lipinski definition) is 4. The molecule has 0 aliphatic carbocycles. The molecular formula is C16H25N3OS. The van der Waals surface area contributed by atoms with E-state index in [0.717, 1.165) is 44.9 Å². The number of nitrogens with two attached hydrogens (primary N) is 1. The van der Waals surface area contributed by atoms with Crippen molar-refractivity contribution in [3.05, 3.63) is 35.9 Å². The van der Waals surface area contributed by atoms with E-state index in [1.165, 1.54) is 5.56 Å². The van der Waals surface area contributed by atoms with Crippen molar-refractivity contribution in [3.63, 3.8) is 0 Å². The molecule has 116 valence electrons. The van der Waals surface area contributed by atoms with Crippen LogP contribution in [0.25, 0.3) is 0 Å². The number of hydrogen-bond donors (Lipinski definition) is 1. The van der Waals surface area contributed by atoms with E-state index in [9.17, 15) is 4.79 Å². The molecule has 1 amide bonds. The lowest BCUT2D eigenvalue weighted by Gasteiger charge is -2.36. The van der Waals surface area contributed by atoms with E-state index >= 15 is 0 Å². The van der Waals surface area contributed by atoms with Gasteiger partial charge in [0.2, 0.25) is 5.91 Å². The first-order valence-electron chi connectivity index (χ1n) is 7.50. The van der Waals surface area contributed by atoms with Gasteiger partial charge in [-0.15, -0.1) is 0 Å². The van der Waals surface area contributed by atoms with Crippen LogP contribution in [0.4, 0.5) is 0 Å². The van der Waals surface area contributed by atoms with Gasteiger partial charge < -0.3 is 10.6 Å². The van der Waals surface area contributed by atoms with Crippen molar-refractivity contribution < 1.29 is 4.79 Å². The van der Waals surface area contributed by atoms with Crippen LogP contribution in [-0.4, -0.2) is 59.9 Å². The van der Waals surface area contributed by atoms with Gasteiger partial charge in [-0.25, -0.2) is 0 Å². The smallest absolute Gasteiger partial charge is 0.239 e. The van der Waals surface area contributed by atoms with Crippen LogP contribution in [0.2, 0.25) is 0 Å². The molecule has 0 saturated carbocycles. The number of amides is 1. The summed E-state index contributed by atoms with van der Waals surface area (Å²) in [7, 11) is 0. The molecule has 0 bridgehead atoms. The highest BCUT2D eigenvalue weighted by atomic mass is 32.2. The Kier molecular flexibility index (Phi) is 6.54. The summed E-state index contributed by atoms with van der Waals surface area (Å²) in [6.07, 6.45) is 2.81. The molecule has 1 aliphatic rings. The molecule has 1 aliphatic heterocycles. The molecule has 0 aromatic heterocycles. The fourth-order valence-corrected chi connectivity index (χ4v) is 3.06. The van der Waals surface area contributed by atoms with Crippen molar-refractivity contribution in [2.45, 2.75) is 19.0 Å². The maximum atomic E-state index is 12.2. The Morgan fingerprint density at radius 3 is 2.52 bits per heavy atom. The Hall–Kier alpha value is -1.04. The summed E-state index contributed by atoms with van der Waals surface area (Å²) in [6.45, 7) is 4.39.